The van der Waals surface area contributed by atoms with Crippen molar-refractivity contribution in [1.82, 2.24) is 5.43 Å². The lowest BCUT2D eigenvalue weighted by molar-refractivity contribution is 0.0952. The highest BCUT2D eigenvalue weighted by Gasteiger charge is 2.13. The van der Waals surface area contributed by atoms with Crippen LogP contribution in [0.4, 0.5) is 0 Å². The zero-order chi connectivity index (χ0) is 20.8. The Bertz CT molecular complexity index is 1070. The van der Waals surface area contributed by atoms with Gasteiger partial charge in [0, 0.05) is 0 Å². The molecule has 0 atom stereocenters. The molecular formula is C22H21BrN2O4. The minimum atomic E-state index is -0.500. The fourth-order valence-corrected chi connectivity index (χ4v) is 3.42. The number of carbonyl (C=O) groups excluding carboxylic acids is 1. The van der Waals surface area contributed by atoms with Crippen molar-refractivity contribution < 1.29 is 19.4 Å². The molecule has 3 aromatic carbocycles. The first-order valence-electron chi connectivity index (χ1n) is 9.17. The van der Waals surface area contributed by atoms with Crippen molar-refractivity contribution in [2.75, 3.05) is 13.2 Å². The molecule has 7 heteroatoms. The summed E-state index contributed by atoms with van der Waals surface area (Å²) in [5, 5.41) is 15.9. The van der Waals surface area contributed by atoms with E-state index in [4.69, 9.17) is 9.47 Å². The smallest absolute Gasteiger partial charge is 0.275 e. The molecule has 0 aliphatic carbocycles. The van der Waals surface area contributed by atoms with E-state index in [1.54, 1.807) is 18.2 Å². The third-order valence-corrected chi connectivity index (χ3v) is 4.70. The summed E-state index contributed by atoms with van der Waals surface area (Å²) in [4.78, 5) is 12.4. The molecule has 3 rings (SSSR count). The number of benzene rings is 3. The average molecular weight is 457 g/mol. The molecule has 0 fully saturated rings. The number of nitrogens with one attached hydrogen (secondary N) is 1. The van der Waals surface area contributed by atoms with Gasteiger partial charge < -0.3 is 14.6 Å². The summed E-state index contributed by atoms with van der Waals surface area (Å²) in [6, 6.07) is 14.3. The zero-order valence-corrected chi connectivity index (χ0v) is 17.7. The van der Waals surface area contributed by atoms with Crippen molar-refractivity contribution in [1.29, 1.82) is 0 Å². The second kappa shape index (κ2) is 9.43. The van der Waals surface area contributed by atoms with Crippen LogP contribution in [0.5, 0.6) is 17.2 Å². The quantitative estimate of drug-likeness (QED) is 0.392. The summed E-state index contributed by atoms with van der Waals surface area (Å²) >= 11 is 3.47. The standard InChI is InChI=1S/C22H21BrN2O4/c1-3-28-20-10-14(9-18(23)21(20)29-4-2)13-24-25-22(27)17-11-15-7-5-6-8-16(15)12-19(17)26/h5-13,26H,3-4H2,1-2H3,(H,25,27). The highest BCUT2D eigenvalue weighted by Crippen LogP contribution is 2.36. The lowest BCUT2D eigenvalue weighted by atomic mass is 10.1. The van der Waals surface area contributed by atoms with E-state index in [-0.39, 0.29) is 11.3 Å². The van der Waals surface area contributed by atoms with Crippen molar-refractivity contribution in [3.8, 4) is 17.2 Å². The van der Waals surface area contributed by atoms with Crippen molar-refractivity contribution in [2.45, 2.75) is 13.8 Å². The fourth-order valence-electron chi connectivity index (χ4n) is 2.85. The van der Waals surface area contributed by atoms with Crippen LogP contribution in [0.3, 0.4) is 0 Å². The molecule has 0 aromatic heterocycles. The Kier molecular flexibility index (Phi) is 6.72. The van der Waals surface area contributed by atoms with E-state index in [0.717, 1.165) is 15.2 Å². The normalized spacial score (nSPS) is 11.0. The predicted molar refractivity (Wildman–Crippen MR) is 117 cm³/mol. The molecule has 1 amide bonds. The number of ether oxygens (including phenoxy) is 2. The van der Waals surface area contributed by atoms with Gasteiger partial charge in [0.25, 0.3) is 5.91 Å². The van der Waals surface area contributed by atoms with Gasteiger partial charge in [0.1, 0.15) is 5.75 Å². The molecule has 29 heavy (non-hydrogen) atoms. The molecule has 150 valence electrons. The number of hydrogen-bond acceptors (Lipinski definition) is 5. The van der Waals surface area contributed by atoms with Crippen LogP contribution < -0.4 is 14.9 Å². The minimum absolute atomic E-state index is 0.0983. The highest BCUT2D eigenvalue weighted by molar-refractivity contribution is 9.10. The van der Waals surface area contributed by atoms with E-state index in [1.165, 1.54) is 6.21 Å². The Labute approximate surface area is 177 Å². The number of carbonyl (C=O) groups is 1. The second-order valence-corrected chi connectivity index (χ2v) is 6.97. The summed E-state index contributed by atoms with van der Waals surface area (Å²) in [5.74, 6) is 0.610. The molecule has 0 heterocycles. The van der Waals surface area contributed by atoms with Crippen LogP contribution in [0, 0.1) is 0 Å². The molecule has 0 radical (unpaired) electrons. The number of nitrogens with zero attached hydrogens (tertiary/aromatic N) is 1. The fraction of sp³-hybridized carbons (Fsp3) is 0.182. The van der Waals surface area contributed by atoms with Gasteiger partial charge in [-0.3, -0.25) is 4.79 Å². The van der Waals surface area contributed by atoms with Crippen molar-refractivity contribution in [2.24, 2.45) is 5.10 Å². The molecule has 0 bridgehead atoms. The summed E-state index contributed by atoms with van der Waals surface area (Å²) < 4.78 is 12.0. The lowest BCUT2D eigenvalue weighted by Crippen LogP contribution is -2.17. The summed E-state index contributed by atoms with van der Waals surface area (Å²) in [7, 11) is 0. The van der Waals surface area contributed by atoms with Gasteiger partial charge in [-0.2, -0.15) is 5.10 Å². The summed E-state index contributed by atoms with van der Waals surface area (Å²) in [6.07, 6.45) is 1.50. The van der Waals surface area contributed by atoms with Crippen molar-refractivity contribution in [3.05, 3.63) is 64.1 Å². The molecule has 0 spiro atoms. The van der Waals surface area contributed by atoms with Gasteiger partial charge >= 0.3 is 0 Å². The van der Waals surface area contributed by atoms with Gasteiger partial charge in [-0.05, 0) is 70.4 Å². The van der Waals surface area contributed by atoms with Crippen molar-refractivity contribution in [3.63, 3.8) is 0 Å². The Morgan fingerprint density at radius 2 is 1.79 bits per heavy atom. The van der Waals surface area contributed by atoms with E-state index in [2.05, 4.69) is 26.5 Å². The molecule has 0 unspecified atom stereocenters. The van der Waals surface area contributed by atoms with Crippen LogP contribution in [-0.2, 0) is 0 Å². The van der Waals surface area contributed by atoms with Crippen LogP contribution in [0.15, 0.2) is 58.1 Å². The number of amides is 1. The maximum Gasteiger partial charge on any atom is 0.275 e. The van der Waals surface area contributed by atoms with E-state index in [0.29, 0.717) is 30.3 Å². The SMILES string of the molecule is CCOc1cc(C=NNC(=O)c2cc3ccccc3cc2O)cc(Br)c1OCC. The number of halogens is 1. The molecule has 3 aromatic rings. The van der Waals surface area contributed by atoms with E-state index >= 15 is 0 Å². The van der Waals surface area contributed by atoms with Gasteiger partial charge in [0.15, 0.2) is 11.5 Å². The van der Waals surface area contributed by atoms with Crippen LogP contribution >= 0.6 is 15.9 Å². The van der Waals surface area contributed by atoms with Gasteiger partial charge in [-0.1, -0.05) is 24.3 Å². The number of rotatable bonds is 7. The first kappa shape index (κ1) is 20.7. The molecule has 0 aliphatic rings. The highest BCUT2D eigenvalue weighted by atomic mass is 79.9. The number of aromatic hydroxyl groups is 1. The van der Waals surface area contributed by atoms with Crippen LogP contribution in [0.25, 0.3) is 10.8 Å². The van der Waals surface area contributed by atoms with Crippen LogP contribution in [-0.4, -0.2) is 30.4 Å². The van der Waals surface area contributed by atoms with Crippen LogP contribution in [0.2, 0.25) is 0 Å². The lowest BCUT2D eigenvalue weighted by Gasteiger charge is -2.13. The number of fused-ring (bicyclic) bond motifs is 1. The van der Waals surface area contributed by atoms with Gasteiger partial charge in [0.05, 0.1) is 29.5 Å². The maximum absolute atomic E-state index is 12.4. The van der Waals surface area contributed by atoms with E-state index in [9.17, 15) is 9.90 Å². The Hall–Kier alpha value is -3.06. The molecule has 6 nitrogen and oxygen atoms in total. The minimum Gasteiger partial charge on any atom is -0.507 e. The maximum atomic E-state index is 12.4. The summed E-state index contributed by atoms with van der Waals surface area (Å²) in [5.41, 5.74) is 3.32. The molecule has 0 saturated carbocycles. The van der Waals surface area contributed by atoms with Gasteiger partial charge in [-0.25, -0.2) is 5.43 Å². The second-order valence-electron chi connectivity index (χ2n) is 6.11. The summed E-state index contributed by atoms with van der Waals surface area (Å²) in [6.45, 7) is 4.79. The Balaban J connectivity index is 1.79. The largest absolute Gasteiger partial charge is 0.507 e. The molecule has 2 N–H and O–H groups in total. The van der Waals surface area contributed by atoms with Gasteiger partial charge in [0.2, 0.25) is 0 Å². The zero-order valence-electron chi connectivity index (χ0n) is 16.1. The third-order valence-electron chi connectivity index (χ3n) is 4.11. The van der Waals surface area contributed by atoms with Gasteiger partial charge in [-0.15, -0.1) is 0 Å². The molecule has 0 aliphatic heterocycles. The average Bonchev–Trinajstić information content (AvgIpc) is 2.70. The predicted octanol–water partition coefficient (Wildman–Crippen LogP) is 4.87. The number of hydrazone groups is 1. The number of phenolic OH excluding ortho intramolecular Hbond substituents is 1. The Morgan fingerprint density at radius 3 is 2.48 bits per heavy atom. The van der Waals surface area contributed by atoms with Crippen molar-refractivity contribution >= 4 is 38.8 Å². The van der Waals surface area contributed by atoms with E-state index in [1.807, 2.05) is 44.2 Å². The third kappa shape index (κ3) is 4.86. The monoisotopic (exact) mass is 456 g/mol. The number of hydrogen-bond donors (Lipinski definition) is 2. The number of phenols is 1. The topological polar surface area (TPSA) is 80.2 Å². The Morgan fingerprint density at radius 1 is 1.10 bits per heavy atom. The first-order chi connectivity index (χ1) is 14.0. The van der Waals surface area contributed by atoms with Crippen LogP contribution in [0.1, 0.15) is 29.8 Å². The molecule has 0 saturated heterocycles. The molecular weight excluding hydrogens is 436 g/mol. The first-order valence-corrected chi connectivity index (χ1v) is 9.97. The van der Waals surface area contributed by atoms with E-state index < -0.39 is 5.91 Å².